The molecular formula is C10H15F2NO3. The molecule has 0 N–H and O–H groups in total. The average Bonchev–Trinajstić information content (AvgIpc) is 2.28. The van der Waals surface area contributed by atoms with E-state index in [4.69, 9.17) is 4.74 Å². The predicted molar refractivity (Wildman–Crippen MR) is 52.3 cm³/mol. The first kappa shape index (κ1) is 12.9. The Morgan fingerprint density at radius 3 is 2.38 bits per heavy atom. The van der Waals surface area contributed by atoms with Crippen LogP contribution in [-0.4, -0.2) is 42.9 Å². The van der Waals surface area contributed by atoms with Crippen LogP contribution in [0.2, 0.25) is 0 Å². The van der Waals surface area contributed by atoms with Crippen molar-refractivity contribution in [3.8, 4) is 0 Å². The molecule has 16 heavy (non-hydrogen) atoms. The van der Waals surface area contributed by atoms with Gasteiger partial charge in [0.25, 0.3) is 6.43 Å². The number of piperidine rings is 1. The second-order valence-electron chi connectivity index (χ2n) is 3.66. The number of likely N-dealkylation sites (tertiary alicyclic amines) is 1. The SMILES string of the molecule is CCOC(=O)N1CCC(C(=O)C(F)F)CC1. The Bertz CT molecular complexity index is 263. The molecular weight excluding hydrogens is 220 g/mol. The Labute approximate surface area is 92.5 Å². The number of ketones is 1. The lowest BCUT2D eigenvalue weighted by molar-refractivity contribution is -0.135. The molecule has 0 aromatic rings. The number of halogens is 2. The third-order valence-corrected chi connectivity index (χ3v) is 2.64. The summed E-state index contributed by atoms with van der Waals surface area (Å²) in [5, 5.41) is 0. The van der Waals surface area contributed by atoms with Crippen molar-refractivity contribution >= 4 is 11.9 Å². The fourth-order valence-electron chi connectivity index (χ4n) is 1.74. The van der Waals surface area contributed by atoms with Gasteiger partial charge in [0, 0.05) is 19.0 Å². The van der Waals surface area contributed by atoms with Gasteiger partial charge in [0.15, 0.2) is 0 Å². The lowest BCUT2D eigenvalue weighted by atomic mass is 9.93. The standard InChI is InChI=1S/C10H15F2NO3/c1-2-16-10(15)13-5-3-7(4-6-13)8(14)9(11)12/h7,9H,2-6H2,1H3. The number of carbonyl (C=O) groups is 2. The Hall–Kier alpha value is -1.20. The van der Waals surface area contributed by atoms with E-state index in [0.29, 0.717) is 25.9 Å². The summed E-state index contributed by atoms with van der Waals surface area (Å²) in [5.41, 5.74) is 0. The third-order valence-electron chi connectivity index (χ3n) is 2.64. The van der Waals surface area contributed by atoms with Gasteiger partial charge in [0.05, 0.1) is 6.61 Å². The van der Waals surface area contributed by atoms with E-state index in [0.717, 1.165) is 0 Å². The first-order chi connectivity index (χ1) is 7.56. The predicted octanol–water partition coefficient (Wildman–Crippen LogP) is 1.69. The fourth-order valence-corrected chi connectivity index (χ4v) is 1.74. The van der Waals surface area contributed by atoms with Crippen LogP contribution in [0.5, 0.6) is 0 Å². The van der Waals surface area contributed by atoms with Gasteiger partial charge in [0.1, 0.15) is 0 Å². The number of alkyl halides is 2. The van der Waals surface area contributed by atoms with Gasteiger partial charge in [-0.15, -0.1) is 0 Å². The van der Waals surface area contributed by atoms with Crippen LogP contribution in [-0.2, 0) is 9.53 Å². The van der Waals surface area contributed by atoms with Crippen molar-refractivity contribution in [2.24, 2.45) is 5.92 Å². The monoisotopic (exact) mass is 235 g/mol. The van der Waals surface area contributed by atoms with Crippen LogP contribution in [0.25, 0.3) is 0 Å². The van der Waals surface area contributed by atoms with Crippen molar-refractivity contribution in [2.75, 3.05) is 19.7 Å². The van der Waals surface area contributed by atoms with Crippen molar-refractivity contribution in [1.82, 2.24) is 4.90 Å². The highest BCUT2D eigenvalue weighted by molar-refractivity contribution is 5.84. The van der Waals surface area contributed by atoms with Crippen LogP contribution >= 0.6 is 0 Å². The molecule has 1 aliphatic rings. The van der Waals surface area contributed by atoms with E-state index in [1.54, 1.807) is 6.92 Å². The third kappa shape index (κ3) is 3.15. The number of rotatable bonds is 3. The Balaban J connectivity index is 2.39. The minimum atomic E-state index is -2.90. The van der Waals surface area contributed by atoms with Gasteiger partial charge in [-0.2, -0.15) is 0 Å². The Morgan fingerprint density at radius 1 is 1.38 bits per heavy atom. The number of nitrogens with zero attached hydrogens (tertiary/aromatic N) is 1. The van der Waals surface area contributed by atoms with E-state index in [1.165, 1.54) is 4.90 Å². The fraction of sp³-hybridized carbons (Fsp3) is 0.800. The normalized spacial score (nSPS) is 17.6. The lowest BCUT2D eigenvalue weighted by Crippen LogP contribution is -2.41. The van der Waals surface area contributed by atoms with Crippen LogP contribution in [0, 0.1) is 5.92 Å². The zero-order valence-corrected chi connectivity index (χ0v) is 9.12. The number of hydrogen-bond donors (Lipinski definition) is 0. The molecule has 0 unspecified atom stereocenters. The van der Waals surface area contributed by atoms with E-state index in [2.05, 4.69) is 0 Å². The maximum atomic E-state index is 12.1. The first-order valence-electron chi connectivity index (χ1n) is 5.29. The van der Waals surface area contributed by atoms with E-state index < -0.39 is 24.2 Å². The molecule has 0 radical (unpaired) electrons. The summed E-state index contributed by atoms with van der Waals surface area (Å²) < 4.78 is 29.0. The van der Waals surface area contributed by atoms with Gasteiger partial charge in [-0.25, -0.2) is 13.6 Å². The van der Waals surface area contributed by atoms with Crippen molar-refractivity contribution in [2.45, 2.75) is 26.2 Å². The highest BCUT2D eigenvalue weighted by Crippen LogP contribution is 2.21. The van der Waals surface area contributed by atoms with Gasteiger partial charge in [-0.05, 0) is 19.8 Å². The van der Waals surface area contributed by atoms with Crippen LogP contribution in [0.1, 0.15) is 19.8 Å². The van der Waals surface area contributed by atoms with Crippen LogP contribution in [0.3, 0.4) is 0 Å². The molecule has 1 aliphatic heterocycles. The molecule has 0 aromatic heterocycles. The Kier molecular flexibility index (Phi) is 4.64. The maximum absolute atomic E-state index is 12.1. The van der Waals surface area contributed by atoms with Crippen LogP contribution < -0.4 is 0 Å². The highest BCUT2D eigenvalue weighted by atomic mass is 19.3. The van der Waals surface area contributed by atoms with Crippen LogP contribution in [0.4, 0.5) is 13.6 Å². The summed E-state index contributed by atoms with van der Waals surface area (Å²) in [4.78, 5) is 23.7. The van der Waals surface area contributed by atoms with Crippen molar-refractivity contribution in [3.05, 3.63) is 0 Å². The highest BCUT2D eigenvalue weighted by Gasteiger charge is 2.31. The summed E-state index contributed by atoms with van der Waals surface area (Å²) in [7, 11) is 0. The molecule has 4 nitrogen and oxygen atoms in total. The lowest BCUT2D eigenvalue weighted by Gasteiger charge is -2.30. The molecule has 1 saturated heterocycles. The summed E-state index contributed by atoms with van der Waals surface area (Å²) in [5.74, 6) is -1.63. The zero-order chi connectivity index (χ0) is 12.1. The number of amides is 1. The van der Waals surface area contributed by atoms with Crippen LogP contribution in [0.15, 0.2) is 0 Å². The molecule has 1 rings (SSSR count). The second-order valence-corrected chi connectivity index (χ2v) is 3.66. The number of Topliss-reactive ketones (excluding diaryl/α,β-unsaturated/α-hetero) is 1. The van der Waals surface area contributed by atoms with E-state index in [-0.39, 0.29) is 6.61 Å². The van der Waals surface area contributed by atoms with Crippen molar-refractivity contribution in [1.29, 1.82) is 0 Å². The zero-order valence-electron chi connectivity index (χ0n) is 9.12. The molecule has 6 heteroatoms. The molecule has 1 fully saturated rings. The second kappa shape index (κ2) is 5.77. The summed E-state index contributed by atoms with van der Waals surface area (Å²) >= 11 is 0. The minimum Gasteiger partial charge on any atom is -0.450 e. The van der Waals surface area contributed by atoms with Gasteiger partial charge in [0.2, 0.25) is 5.78 Å². The summed E-state index contributed by atoms with van der Waals surface area (Å²) in [6, 6.07) is 0. The number of hydrogen-bond acceptors (Lipinski definition) is 3. The molecule has 0 aromatic carbocycles. The molecule has 92 valence electrons. The average molecular weight is 235 g/mol. The maximum Gasteiger partial charge on any atom is 0.409 e. The van der Waals surface area contributed by atoms with E-state index in [9.17, 15) is 18.4 Å². The molecule has 0 spiro atoms. The molecule has 0 atom stereocenters. The van der Waals surface area contributed by atoms with Gasteiger partial charge in [-0.1, -0.05) is 0 Å². The quantitative estimate of drug-likeness (QED) is 0.747. The van der Waals surface area contributed by atoms with Gasteiger partial charge < -0.3 is 9.64 Å². The van der Waals surface area contributed by atoms with Gasteiger partial charge in [-0.3, -0.25) is 4.79 Å². The number of carbonyl (C=O) groups excluding carboxylic acids is 2. The first-order valence-corrected chi connectivity index (χ1v) is 5.29. The summed E-state index contributed by atoms with van der Waals surface area (Å²) in [6.45, 7) is 2.60. The van der Waals surface area contributed by atoms with Crippen molar-refractivity contribution in [3.63, 3.8) is 0 Å². The topological polar surface area (TPSA) is 46.6 Å². The largest absolute Gasteiger partial charge is 0.450 e. The minimum absolute atomic E-state index is 0.286. The molecule has 0 bridgehead atoms. The summed E-state index contributed by atoms with van der Waals surface area (Å²) in [6.07, 6.45) is -2.76. The number of ether oxygens (including phenoxy) is 1. The Morgan fingerprint density at radius 2 is 1.94 bits per heavy atom. The molecule has 0 aliphatic carbocycles. The van der Waals surface area contributed by atoms with Gasteiger partial charge >= 0.3 is 6.09 Å². The smallest absolute Gasteiger partial charge is 0.409 e. The molecule has 1 amide bonds. The van der Waals surface area contributed by atoms with Crippen molar-refractivity contribution < 1.29 is 23.1 Å². The van der Waals surface area contributed by atoms with E-state index in [1.807, 2.05) is 0 Å². The molecule has 1 heterocycles. The van der Waals surface area contributed by atoms with E-state index >= 15 is 0 Å². The molecule has 0 saturated carbocycles.